The van der Waals surface area contributed by atoms with Gasteiger partial charge in [-0.3, -0.25) is 39.9 Å². The fourth-order valence-electron chi connectivity index (χ4n) is 8.04. The molecule has 0 aromatic carbocycles. The summed E-state index contributed by atoms with van der Waals surface area (Å²) in [6, 6.07) is -2.36. The molecule has 4 saturated carbocycles. The maximum Gasteiger partial charge on any atom is 0.317 e. The van der Waals surface area contributed by atoms with Crippen LogP contribution in [0.15, 0.2) is 0 Å². The summed E-state index contributed by atoms with van der Waals surface area (Å²) in [7, 11) is 0. The van der Waals surface area contributed by atoms with Gasteiger partial charge in [-0.1, -0.05) is 0 Å². The number of nitro groups is 2. The van der Waals surface area contributed by atoms with Crippen molar-refractivity contribution in [3.63, 3.8) is 0 Å². The first-order valence-electron chi connectivity index (χ1n) is 16.0. The number of hydrogen-bond acceptors (Lipinski definition) is 12. The minimum atomic E-state index is -1.31. The number of esters is 1. The molecule has 4 fully saturated rings. The normalized spacial score (nSPS) is 36.4. The number of nitrogens with zero attached hydrogens (tertiary/aromatic N) is 2. The van der Waals surface area contributed by atoms with Crippen LogP contribution in [0.4, 0.5) is 0 Å². The maximum absolute atomic E-state index is 12.9. The van der Waals surface area contributed by atoms with Crippen LogP contribution in [0.25, 0.3) is 0 Å². The highest BCUT2D eigenvalue weighted by molar-refractivity contribution is 5.82. The van der Waals surface area contributed by atoms with Crippen molar-refractivity contribution in [2.75, 3.05) is 6.79 Å². The lowest BCUT2D eigenvalue weighted by Gasteiger charge is -2.40. The summed E-state index contributed by atoms with van der Waals surface area (Å²) < 4.78 is 17.4. The highest BCUT2D eigenvalue weighted by Gasteiger charge is 2.52. The van der Waals surface area contributed by atoms with Crippen molar-refractivity contribution < 1.29 is 58.8 Å². The van der Waals surface area contributed by atoms with Crippen LogP contribution in [-0.4, -0.2) is 86.5 Å². The van der Waals surface area contributed by atoms with Crippen LogP contribution in [0.2, 0.25) is 0 Å². The van der Waals surface area contributed by atoms with Gasteiger partial charge >= 0.3 is 17.9 Å². The summed E-state index contributed by atoms with van der Waals surface area (Å²) >= 11 is 0. The van der Waals surface area contributed by atoms with Crippen LogP contribution < -0.4 is 0 Å². The quantitative estimate of drug-likeness (QED) is 0.0855. The van der Waals surface area contributed by atoms with Gasteiger partial charge in [0.05, 0.1) is 30.0 Å². The molecule has 4 aliphatic rings. The second-order valence-electron chi connectivity index (χ2n) is 13.0. The Morgan fingerprint density at radius 3 is 1.69 bits per heavy atom. The first-order valence-corrected chi connectivity index (χ1v) is 16.0. The zero-order valence-corrected chi connectivity index (χ0v) is 25.2. The first-order chi connectivity index (χ1) is 21.5. The van der Waals surface area contributed by atoms with Crippen LogP contribution >= 0.6 is 0 Å². The third kappa shape index (κ3) is 8.65. The Morgan fingerprint density at radius 1 is 0.689 bits per heavy atom. The zero-order valence-electron chi connectivity index (χ0n) is 25.2. The molecule has 0 bridgehead atoms. The Labute approximate surface area is 259 Å². The van der Waals surface area contributed by atoms with Gasteiger partial charge in [-0.25, -0.2) is 4.89 Å². The summed E-state index contributed by atoms with van der Waals surface area (Å²) in [6.07, 6.45) is 4.33. The largest absolute Gasteiger partial charge is 0.481 e. The molecule has 0 aromatic heterocycles. The predicted molar refractivity (Wildman–Crippen MR) is 151 cm³/mol. The summed E-state index contributed by atoms with van der Waals surface area (Å²) in [5.74, 6) is -7.74. The fourth-order valence-corrected chi connectivity index (χ4v) is 8.04. The lowest BCUT2D eigenvalue weighted by molar-refractivity contribution is -0.544. The van der Waals surface area contributed by atoms with Crippen LogP contribution in [-0.2, 0) is 33.5 Å². The number of carbonyl (C=O) groups is 3. The van der Waals surface area contributed by atoms with E-state index >= 15 is 0 Å². The fraction of sp³-hybridized carbons (Fsp3) is 0.897. The summed E-state index contributed by atoms with van der Waals surface area (Å²) in [5, 5.41) is 52.2. The molecule has 0 spiro atoms. The highest BCUT2D eigenvalue weighted by atomic mass is 17.1. The molecule has 7 atom stereocenters. The molecule has 0 heterocycles. The summed E-state index contributed by atoms with van der Waals surface area (Å²) in [6.45, 7) is 0.0321. The van der Waals surface area contributed by atoms with Gasteiger partial charge in [0.15, 0.2) is 0 Å². The van der Waals surface area contributed by atoms with Gasteiger partial charge in [-0.05, 0) is 83.0 Å². The smallest absolute Gasteiger partial charge is 0.317 e. The average molecular weight is 645 g/mol. The van der Waals surface area contributed by atoms with Gasteiger partial charge in [0, 0.05) is 22.7 Å². The number of carboxylic acid groups (broad SMARTS) is 2. The zero-order chi connectivity index (χ0) is 32.7. The van der Waals surface area contributed by atoms with Gasteiger partial charge in [0.1, 0.15) is 24.9 Å². The van der Waals surface area contributed by atoms with E-state index in [1.807, 2.05) is 0 Å². The molecule has 16 nitrogen and oxygen atoms in total. The van der Waals surface area contributed by atoms with E-state index in [-0.39, 0.29) is 44.2 Å². The Kier molecular flexibility index (Phi) is 12.5. The highest BCUT2D eigenvalue weighted by Crippen LogP contribution is 2.42. The third-order valence-corrected chi connectivity index (χ3v) is 10.4. The number of aliphatic carboxylic acids is 2. The lowest BCUT2D eigenvalue weighted by atomic mass is 9.68. The molecule has 4 aliphatic carbocycles. The Bertz CT molecular complexity index is 1010. The monoisotopic (exact) mass is 644 g/mol. The van der Waals surface area contributed by atoms with E-state index in [9.17, 15) is 50.1 Å². The molecule has 0 aliphatic heterocycles. The van der Waals surface area contributed by atoms with E-state index in [0.29, 0.717) is 70.6 Å². The molecule has 0 amide bonds. The van der Waals surface area contributed by atoms with E-state index < -0.39 is 75.7 Å². The molecular formula is C29H44N2O14. The minimum Gasteiger partial charge on any atom is -0.481 e. The van der Waals surface area contributed by atoms with Crippen molar-refractivity contribution in [3.8, 4) is 0 Å². The molecule has 0 saturated heterocycles. The molecule has 7 unspecified atom stereocenters. The standard InChI is InChI=1S/C29H44N2O14/c32-27(33)20-3-1-5-22(30(37)38)24(20)26(45-41)16-7-9-17(10-8-16)42-15-43-18-11-13-19(14-12-18)44-29(36)25-21(28(34)35)4-2-6-23(25)31(39)40/h16-26,41H,1-15H2,(H,32,33)(H,34,35). The van der Waals surface area contributed by atoms with Crippen molar-refractivity contribution in [1.82, 2.24) is 0 Å². The molecule has 4 rings (SSSR count). The van der Waals surface area contributed by atoms with Crippen molar-refractivity contribution in [1.29, 1.82) is 0 Å². The number of carbonyl (C=O) groups excluding carboxylic acids is 1. The maximum atomic E-state index is 12.9. The summed E-state index contributed by atoms with van der Waals surface area (Å²) in [4.78, 5) is 63.4. The third-order valence-electron chi connectivity index (χ3n) is 10.4. The SMILES string of the molecule is O=C(O)C1CCCC([N+](=O)[O-])C1C(=O)OC1CCC(OCOC2CCC(C(OO)C3C(C(=O)O)CCCC3[N+](=O)[O-])CC2)CC1. The Hall–Kier alpha value is -2.95. The van der Waals surface area contributed by atoms with E-state index in [4.69, 9.17) is 19.1 Å². The van der Waals surface area contributed by atoms with Gasteiger partial charge in [0.25, 0.3) is 0 Å². The van der Waals surface area contributed by atoms with Crippen molar-refractivity contribution >= 4 is 17.9 Å². The van der Waals surface area contributed by atoms with Crippen molar-refractivity contribution in [2.24, 2.45) is 29.6 Å². The van der Waals surface area contributed by atoms with Gasteiger partial charge in [-0.15, -0.1) is 0 Å². The first kappa shape index (κ1) is 34.9. The van der Waals surface area contributed by atoms with Crippen LogP contribution in [0.1, 0.15) is 89.9 Å². The molecule has 0 radical (unpaired) electrons. The van der Waals surface area contributed by atoms with E-state index in [1.54, 1.807) is 0 Å². The lowest BCUT2D eigenvalue weighted by Crippen LogP contribution is -2.50. The topological polar surface area (TPSA) is 235 Å². The number of hydrogen-bond donors (Lipinski definition) is 3. The van der Waals surface area contributed by atoms with Gasteiger partial charge in [0.2, 0.25) is 12.1 Å². The molecule has 3 N–H and O–H groups in total. The Balaban J connectivity index is 1.19. The van der Waals surface area contributed by atoms with Crippen molar-refractivity contribution in [3.05, 3.63) is 20.2 Å². The van der Waals surface area contributed by atoms with E-state index in [2.05, 4.69) is 0 Å². The second-order valence-corrected chi connectivity index (χ2v) is 13.0. The van der Waals surface area contributed by atoms with Crippen molar-refractivity contribution in [2.45, 2.75) is 126 Å². The van der Waals surface area contributed by atoms with Gasteiger partial charge in [-0.2, -0.15) is 0 Å². The van der Waals surface area contributed by atoms with Crippen LogP contribution in [0.5, 0.6) is 0 Å². The van der Waals surface area contributed by atoms with E-state index in [1.165, 1.54) is 0 Å². The second kappa shape index (κ2) is 16.1. The summed E-state index contributed by atoms with van der Waals surface area (Å²) in [5.41, 5.74) is 0. The van der Waals surface area contributed by atoms with Crippen LogP contribution in [0, 0.1) is 49.8 Å². The predicted octanol–water partition coefficient (Wildman–Crippen LogP) is 3.54. The van der Waals surface area contributed by atoms with Gasteiger partial charge < -0.3 is 24.4 Å². The molecule has 254 valence electrons. The average Bonchev–Trinajstić information content (AvgIpc) is 3.02. The Morgan fingerprint density at radius 2 is 1.18 bits per heavy atom. The minimum absolute atomic E-state index is 0.0321. The molecular weight excluding hydrogens is 600 g/mol. The van der Waals surface area contributed by atoms with Crippen LogP contribution in [0.3, 0.4) is 0 Å². The number of carboxylic acids is 2. The molecule has 0 aromatic rings. The number of ether oxygens (including phenoxy) is 3. The molecule has 16 heteroatoms. The molecule has 45 heavy (non-hydrogen) atoms. The van der Waals surface area contributed by atoms with E-state index in [0.717, 1.165) is 0 Å². The number of rotatable bonds is 13.